The van der Waals surface area contributed by atoms with Crippen molar-refractivity contribution in [2.75, 3.05) is 5.75 Å². The van der Waals surface area contributed by atoms with Gasteiger partial charge in [0.05, 0.1) is 11.4 Å². The molecule has 6 rings (SSSR count). The Balaban J connectivity index is 0.000000340. The molecule has 2 aliphatic rings. The van der Waals surface area contributed by atoms with Gasteiger partial charge in [-0.15, -0.1) is 11.8 Å². The lowest BCUT2D eigenvalue weighted by molar-refractivity contribution is -0.140. The number of aliphatic carboxylic acids is 1. The van der Waals surface area contributed by atoms with Gasteiger partial charge in [-0.3, -0.25) is 9.36 Å². The lowest BCUT2D eigenvalue weighted by Gasteiger charge is -2.14. The molecular formula is C21H18N4O4S. The number of nitrogens with one attached hydrogen (secondary N) is 1. The van der Waals surface area contributed by atoms with Gasteiger partial charge in [-0.1, -0.05) is 12.1 Å². The van der Waals surface area contributed by atoms with Crippen LogP contribution in [0.15, 0.2) is 63.3 Å². The molecule has 4 heterocycles. The fourth-order valence-electron chi connectivity index (χ4n) is 3.62. The number of rotatable bonds is 3. The fourth-order valence-corrected chi connectivity index (χ4v) is 5.01. The average molecular weight is 422 g/mol. The van der Waals surface area contributed by atoms with E-state index in [1.165, 1.54) is 22.4 Å². The number of imidazole rings is 1. The van der Waals surface area contributed by atoms with E-state index in [1.807, 2.05) is 24.3 Å². The van der Waals surface area contributed by atoms with Crippen LogP contribution in [0.25, 0.3) is 22.6 Å². The summed E-state index contributed by atoms with van der Waals surface area (Å²) < 4.78 is 7.30. The molecule has 1 unspecified atom stereocenters. The van der Waals surface area contributed by atoms with Crippen LogP contribution in [0, 0.1) is 0 Å². The van der Waals surface area contributed by atoms with Crippen LogP contribution in [-0.4, -0.2) is 36.3 Å². The zero-order valence-corrected chi connectivity index (χ0v) is 16.6. The van der Waals surface area contributed by atoms with Crippen molar-refractivity contribution < 1.29 is 14.3 Å². The van der Waals surface area contributed by atoms with Gasteiger partial charge in [0.15, 0.2) is 5.58 Å². The first-order chi connectivity index (χ1) is 14.6. The van der Waals surface area contributed by atoms with Crippen molar-refractivity contribution >= 4 is 28.8 Å². The first kappa shape index (κ1) is 18.7. The number of carbonyl (C=O) groups is 1. The highest BCUT2D eigenvalue weighted by atomic mass is 32.2. The van der Waals surface area contributed by atoms with Gasteiger partial charge >= 0.3 is 5.97 Å². The number of carboxylic acids is 1. The van der Waals surface area contributed by atoms with Crippen molar-refractivity contribution in [1.29, 1.82) is 0 Å². The summed E-state index contributed by atoms with van der Waals surface area (Å²) in [5, 5.41) is 10.2. The molecule has 1 fully saturated rings. The van der Waals surface area contributed by atoms with Crippen LogP contribution in [0.4, 0.5) is 0 Å². The van der Waals surface area contributed by atoms with Crippen molar-refractivity contribution in [3.05, 3.63) is 65.0 Å². The SMILES string of the molecule is O=C(O)C1CSc2c(C3CC3)c(-c3nc4ccccc4o3)cc(=O)n21.c1c[nH]cn1. The molecule has 2 N–H and O–H groups in total. The number of H-pyrrole nitrogens is 1. The van der Waals surface area contributed by atoms with Gasteiger partial charge in [0.1, 0.15) is 11.6 Å². The summed E-state index contributed by atoms with van der Waals surface area (Å²) in [6, 6.07) is 8.17. The monoisotopic (exact) mass is 422 g/mol. The molecule has 1 aromatic carbocycles. The second-order valence-electron chi connectivity index (χ2n) is 7.17. The molecule has 0 saturated heterocycles. The second-order valence-corrected chi connectivity index (χ2v) is 8.18. The van der Waals surface area contributed by atoms with E-state index in [4.69, 9.17) is 4.42 Å². The molecule has 1 aliphatic heterocycles. The molecule has 0 amide bonds. The normalized spacial score (nSPS) is 17.4. The van der Waals surface area contributed by atoms with Crippen molar-refractivity contribution in [2.24, 2.45) is 0 Å². The Morgan fingerprint density at radius 1 is 1.30 bits per heavy atom. The molecule has 152 valence electrons. The minimum atomic E-state index is -0.968. The predicted octanol–water partition coefficient (Wildman–Crippen LogP) is 3.68. The number of hydrogen-bond acceptors (Lipinski definition) is 6. The Morgan fingerprint density at radius 2 is 2.13 bits per heavy atom. The van der Waals surface area contributed by atoms with E-state index < -0.39 is 12.0 Å². The molecule has 1 aliphatic carbocycles. The maximum absolute atomic E-state index is 12.6. The summed E-state index contributed by atoms with van der Waals surface area (Å²) in [5.74, 6) is 0.181. The molecular weight excluding hydrogens is 404 g/mol. The van der Waals surface area contributed by atoms with Crippen molar-refractivity contribution in [2.45, 2.75) is 29.8 Å². The molecule has 0 spiro atoms. The van der Waals surface area contributed by atoms with Crippen LogP contribution in [0.1, 0.15) is 30.4 Å². The topological polar surface area (TPSA) is 114 Å². The van der Waals surface area contributed by atoms with Crippen LogP contribution in [0.5, 0.6) is 0 Å². The highest BCUT2D eigenvalue weighted by Crippen LogP contribution is 2.50. The van der Waals surface area contributed by atoms with Crippen molar-refractivity contribution in [3.63, 3.8) is 0 Å². The first-order valence-corrected chi connectivity index (χ1v) is 10.6. The largest absolute Gasteiger partial charge is 0.480 e. The smallest absolute Gasteiger partial charge is 0.327 e. The molecule has 30 heavy (non-hydrogen) atoms. The third-order valence-corrected chi connectivity index (χ3v) is 6.31. The minimum Gasteiger partial charge on any atom is -0.480 e. The van der Waals surface area contributed by atoms with Crippen molar-refractivity contribution in [1.82, 2.24) is 19.5 Å². The number of thioether (sulfide) groups is 1. The van der Waals surface area contributed by atoms with E-state index in [-0.39, 0.29) is 5.56 Å². The summed E-state index contributed by atoms with van der Waals surface area (Å²) in [6.45, 7) is 0. The van der Waals surface area contributed by atoms with Gasteiger partial charge in [-0.25, -0.2) is 14.8 Å². The molecule has 8 nitrogen and oxygen atoms in total. The number of aromatic amines is 1. The van der Waals surface area contributed by atoms with Gasteiger partial charge < -0.3 is 14.5 Å². The summed E-state index contributed by atoms with van der Waals surface area (Å²) in [6.07, 6.45) is 7.16. The number of benzene rings is 1. The third kappa shape index (κ3) is 3.30. The number of nitrogens with zero attached hydrogens (tertiary/aromatic N) is 3. The molecule has 4 aromatic rings. The molecule has 0 bridgehead atoms. The van der Waals surface area contributed by atoms with E-state index in [1.54, 1.807) is 18.7 Å². The van der Waals surface area contributed by atoms with Gasteiger partial charge in [-0.05, 0) is 36.5 Å². The Kier molecular flexibility index (Phi) is 4.66. The minimum absolute atomic E-state index is 0.311. The zero-order valence-electron chi connectivity index (χ0n) is 15.8. The number of fused-ring (bicyclic) bond motifs is 2. The lowest BCUT2D eigenvalue weighted by Crippen LogP contribution is -2.29. The zero-order chi connectivity index (χ0) is 20.7. The number of carboxylic acid groups (broad SMARTS) is 1. The van der Waals surface area contributed by atoms with Crippen LogP contribution in [0.3, 0.4) is 0 Å². The highest BCUT2D eigenvalue weighted by Gasteiger charge is 2.38. The third-order valence-electron chi connectivity index (χ3n) is 5.14. The number of para-hydroxylation sites is 2. The lowest BCUT2D eigenvalue weighted by atomic mass is 10.1. The van der Waals surface area contributed by atoms with Crippen molar-refractivity contribution in [3.8, 4) is 11.5 Å². The van der Waals surface area contributed by atoms with E-state index in [0.29, 0.717) is 28.7 Å². The Hall–Kier alpha value is -3.33. The fraction of sp³-hybridized carbons (Fsp3) is 0.238. The van der Waals surface area contributed by atoms with Gasteiger partial charge in [0, 0.05) is 29.8 Å². The summed E-state index contributed by atoms with van der Waals surface area (Å²) in [5.41, 5.74) is 2.83. The van der Waals surface area contributed by atoms with E-state index in [2.05, 4.69) is 15.0 Å². The number of oxazole rings is 1. The number of pyridine rings is 1. The molecule has 9 heteroatoms. The predicted molar refractivity (Wildman–Crippen MR) is 112 cm³/mol. The van der Waals surface area contributed by atoms with Crippen LogP contribution in [-0.2, 0) is 4.79 Å². The summed E-state index contributed by atoms with van der Waals surface area (Å²) >= 11 is 1.44. The summed E-state index contributed by atoms with van der Waals surface area (Å²) in [7, 11) is 0. The van der Waals surface area contributed by atoms with E-state index >= 15 is 0 Å². The maximum atomic E-state index is 12.6. The van der Waals surface area contributed by atoms with Crippen LogP contribution in [0.2, 0.25) is 0 Å². The van der Waals surface area contributed by atoms with E-state index in [9.17, 15) is 14.7 Å². The Labute approximate surface area is 175 Å². The standard InChI is InChI=1S/C18H14N2O4S.C3H4N2/c21-14-7-10(16-19-11-3-1-2-4-13(11)24-16)15(9-5-6-9)17-20(14)12(8-25-17)18(22)23;1-2-5-3-4-1/h1-4,7,9,12H,5-6,8H2,(H,22,23);1-3H,(H,4,5). The molecule has 3 aromatic heterocycles. The maximum Gasteiger partial charge on any atom is 0.327 e. The Bertz CT molecular complexity index is 1220. The Morgan fingerprint density at radius 3 is 2.77 bits per heavy atom. The van der Waals surface area contributed by atoms with Gasteiger partial charge in [0.2, 0.25) is 5.89 Å². The molecule has 0 radical (unpaired) electrons. The highest BCUT2D eigenvalue weighted by molar-refractivity contribution is 7.99. The number of aromatic nitrogens is 4. The average Bonchev–Trinajstić information content (AvgIpc) is 3.19. The van der Waals surface area contributed by atoms with Crippen LogP contribution < -0.4 is 5.56 Å². The first-order valence-electron chi connectivity index (χ1n) is 9.57. The quantitative estimate of drug-likeness (QED) is 0.518. The van der Waals surface area contributed by atoms with E-state index in [0.717, 1.165) is 28.9 Å². The van der Waals surface area contributed by atoms with Gasteiger partial charge in [0.25, 0.3) is 5.56 Å². The number of hydrogen-bond donors (Lipinski definition) is 2. The van der Waals surface area contributed by atoms with Crippen LogP contribution >= 0.6 is 11.8 Å². The molecule has 1 saturated carbocycles. The second kappa shape index (κ2) is 7.49. The molecule has 1 atom stereocenters. The van der Waals surface area contributed by atoms with Gasteiger partial charge in [-0.2, -0.15) is 0 Å². The summed E-state index contributed by atoms with van der Waals surface area (Å²) in [4.78, 5) is 35.1.